The van der Waals surface area contributed by atoms with E-state index in [0.717, 1.165) is 11.4 Å². The van der Waals surface area contributed by atoms with Crippen molar-refractivity contribution in [3.05, 3.63) is 76.5 Å². The van der Waals surface area contributed by atoms with Gasteiger partial charge in [-0.15, -0.1) is 0 Å². The molecule has 3 aromatic rings. The van der Waals surface area contributed by atoms with Crippen molar-refractivity contribution in [3.8, 4) is 5.69 Å². The SMILES string of the molecule is COC(=O)c1ccc(-n2c(C)cc(C(=O)COC(=O)c3ccc(C)o3)c2C)cc1. The van der Waals surface area contributed by atoms with Gasteiger partial charge in [0.25, 0.3) is 0 Å². The Balaban J connectivity index is 1.77. The standard InChI is InChI=1S/C22H21NO6/c1-13-11-18(19(24)12-28-22(26)20-10-5-14(2)29-20)15(3)23(13)17-8-6-16(7-9-17)21(25)27-4/h5-11H,12H2,1-4H3. The van der Waals surface area contributed by atoms with Crippen molar-refractivity contribution in [2.24, 2.45) is 0 Å². The van der Waals surface area contributed by atoms with Crippen LogP contribution in [0.4, 0.5) is 0 Å². The zero-order chi connectivity index (χ0) is 21.1. The van der Waals surface area contributed by atoms with Crippen LogP contribution in [0.15, 0.2) is 46.9 Å². The first-order valence-corrected chi connectivity index (χ1v) is 8.96. The van der Waals surface area contributed by atoms with Crippen molar-refractivity contribution in [1.82, 2.24) is 4.57 Å². The summed E-state index contributed by atoms with van der Waals surface area (Å²) in [5.41, 5.74) is 3.25. The zero-order valence-corrected chi connectivity index (χ0v) is 16.6. The summed E-state index contributed by atoms with van der Waals surface area (Å²) in [5, 5.41) is 0. The number of aryl methyl sites for hydroxylation is 2. The van der Waals surface area contributed by atoms with Crippen molar-refractivity contribution in [2.45, 2.75) is 20.8 Å². The number of esters is 2. The normalized spacial score (nSPS) is 10.6. The number of methoxy groups -OCH3 is 1. The van der Waals surface area contributed by atoms with Crippen molar-refractivity contribution in [2.75, 3.05) is 13.7 Å². The Morgan fingerprint density at radius 3 is 2.24 bits per heavy atom. The summed E-state index contributed by atoms with van der Waals surface area (Å²) in [6, 6.07) is 11.8. The molecule has 3 rings (SSSR count). The van der Waals surface area contributed by atoms with Crippen molar-refractivity contribution in [3.63, 3.8) is 0 Å². The van der Waals surface area contributed by atoms with E-state index in [2.05, 4.69) is 0 Å². The van der Waals surface area contributed by atoms with E-state index in [-0.39, 0.29) is 18.2 Å². The number of ether oxygens (including phenoxy) is 2. The van der Waals surface area contributed by atoms with Gasteiger partial charge in [0.2, 0.25) is 11.5 Å². The molecule has 0 fully saturated rings. The minimum Gasteiger partial charge on any atom is -0.465 e. The summed E-state index contributed by atoms with van der Waals surface area (Å²) < 4.78 is 16.9. The molecule has 0 atom stereocenters. The maximum atomic E-state index is 12.6. The van der Waals surface area contributed by atoms with Crippen molar-refractivity contribution >= 4 is 17.7 Å². The molecule has 0 bridgehead atoms. The predicted octanol–water partition coefficient (Wildman–Crippen LogP) is 3.82. The van der Waals surface area contributed by atoms with Gasteiger partial charge < -0.3 is 18.5 Å². The average Bonchev–Trinajstić information content (AvgIpc) is 3.28. The molecule has 2 heterocycles. The van der Waals surface area contributed by atoms with Gasteiger partial charge in [-0.2, -0.15) is 0 Å². The quantitative estimate of drug-likeness (QED) is 0.466. The Bertz CT molecular complexity index is 1070. The van der Waals surface area contributed by atoms with Gasteiger partial charge in [-0.3, -0.25) is 4.79 Å². The van der Waals surface area contributed by atoms with Crippen LogP contribution in [0.2, 0.25) is 0 Å². The van der Waals surface area contributed by atoms with E-state index < -0.39 is 11.9 Å². The molecular weight excluding hydrogens is 374 g/mol. The maximum Gasteiger partial charge on any atom is 0.374 e. The average molecular weight is 395 g/mol. The fourth-order valence-corrected chi connectivity index (χ4v) is 3.13. The number of Topliss-reactive ketones (excluding diaryl/α,β-unsaturated/α-hetero) is 1. The largest absolute Gasteiger partial charge is 0.465 e. The van der Waals surface area contributed by atoms with Crippen LogP contribution in [0.1, 0.15) is 48.4 Å². The Labute approximate surface area is 167 Å². The van der Waals surface area contributed by atoms with Crippen molar-refractivity contribution < 1.29 is 28.3 Å². The third-order valence-corrected chi connectivity index (χ3v) is 4.55. The fraction of sp³-hybridized carbons (Fsp3) is 0.227. The van der Waals surface area contributed by atoms with E-state index in [0.29, 0.717) is 22.6 Å². The summed E-state index contributed by atoms with van der Waals surface area (Å²) in [6.45, 7) is 5.01. The van der Waals surface area contributed by atoms with E-state index in [1.807, 2.05) is 18.4 Å². The third kappa shape index (κ3) is 4.13. The zero-order valence-electron chi connectivity index (χ0n) is 16.6. The molecule has 0 amide bonds. The van der Waals surface area contributed by atoms with Crippen molar-refractivity contribution in [1.29, 1.82) is 0 Å². The Morgan fingerprint density at radius 2 is 1.66 bits per heavy atom. The number of benzene rings is 1. The molecule has 0 aliphatic rings. The summed E-state index contributed by atoms with van der Waals surface area (Å²) in [5.74, 6) is -0.760. The molecule has 1 aromatic carbocycles. The molecule has 0 N–H and O–H groups in total. The summed E-state index contributed by atoms with van der Waals surface area (Å²) in [4.78, 5) is 36.2. The number of carbonyl (C=O) groups is 3. The van der Waals surface area contributed by atoms with E-state index in [1.54, 1.807) is 43.3 Å². The highest BCUT2D eigenvalue weighted by molar-refractivity contribution is 6.00. The Kier molecular flexibility index (Phi) is 5.68. The Hall–Kier alpha value is -3.61. The molecule has 7 nitrogen and oxygen atoms in total. The molecule has 0 radical (unpaired) electrons. The molecule has 0 unspecified atom stereocenters. The van der Waals surface area contributed by atoms with Crippen LogP contribution in [-0.4, -0.2) is 36.0 Å². The summed E-state index contributed by atoms with van der Waals surface area (Å²) in [6.07, 6.45) is 0. The summed E-state index contributed by atoms with van der Waals surface area (Å²) >= 11 is 0. The number of carbonyl (C=O) groups excluding carboxylic acids is 3. The second kappa shape index (κ2) is 8.18. The van der Waals surface area contributed by atoms with Gasteiger partial charge >= 0.3 is 11.9 Å². The number of hydrogen-bond donors (Lipinski definition) is 0. The van der Waals surface area contributed by atoms with Gasteiger partial charge in [0, 0.05) is 22.6 Å². The van der Waals surface area contributed by atoms with Gasteiger partial charge in [0.05, 0.1) is 12.7 Å². The number of aromatic nitrogens is 1. The lowest BCUT2D eigenvalue weighted by molar-refractivity contribution is 0.0442. The molecule has 0 saturated heterocycles. The van der Waals surface area contributed by atoms with Crippen LogP contribution in [0.5, 0.6) is 0 Å². The van der Waals surface area contributed by atoms with Crippen LogP contribution < -0.4 is 0 Å². The third-order valence-electron chi connectivity index (χ3n) is 4.55. The molecule has 7 heteroatoms. The molecule has 150 valence electrons. The van der Waals surface area contributed by atoms with Gasteiger partial charge in [0.1, 0.15) is 5.76 Å². The maximum absolute atomic E-state index is 12.6. The molecule has 29 heavy (non-hydrogen) atoms. The number of nitrogens with zero attached hydrogens (tertiary/aromatic N) is 1. The van der Waals surface area contributed by atoms with E-state index in [1.165, 1.54) is 13.2 Å². The lowest BCUT2D eigenvalue weighted by Gasteiger charge is -2.10. The lowest BCUT2D eigenvalue weighted by atomic mass is 10.1. The molecule has 0 aliphatic heterocycles. The lowest BCUT2D eigenvalue weighted by Crippen LogP contribution is -2.14. The molecule has 2 aromatic heterocycles. The van der Waals surface area contributed by atoms with E-state index >= 15 is 0 Å². The minimum absolute atomic E-state index is 0.0615. The van der Waals surface area contributed by atoms with Gasteiger partial charge in [-0.25, -0.2) is 9.59 Å². The second-order valence-electron chi connectivity index (χ2n) is 6.57. The first kappa shape index (κ1) is 20.1. The molecule has 0 spiro atoms. The first-order chi connectivity index (χ1) is 13.8. The van der Waals surface area contributed by atoms with Crippen LogP contribution in [0.25, 0.3) is 5.69 Å². The fourth-order valence-electron chi connectivity index (χ4n) is 3.13. The van der Waals surface area contributed by atoms with Gasteiger partial charge in [-0.1, -0.05) is 0 Å². The highest BCUT2D eigenvalue weighted by atomic mass is 16.5. The van der Waals surface area contributed by atoms with Crippen LogP contribution >= 0.6 is 0 Å². The number of rotatable bonds is 6. The molecule has 0 aliphatic carbocycles. The molecule has 0 saturated carbocycles. The van der Waals surface area contributed by atoms with Gasteiger partial charge in [0.15, 0.2) is 6.61 Å². The smallest absolute Gasteiger partial charge is 0.374 e. The predicted molar refractivity (Wildman–Crippen MR) is 105 cm³/mol. The monoisotopic (exact) mass is 395 g/mol. The highest BCUT2D eigenvalue weighted by Crippen LogP contribution is 2.22. The minimum atomic E-state index is -0.682. The van der Waals surface area contributed by atoms with E-state index in [4.69, 9.17) is 13.9 Å². The van der Waals surface area contributed by atoms with E-state index in [9.17, 15) is 14.4 Å². The van der Waals surface area contributed by atoms with Gasteiger partial charge in [-0.05, 0) is 63.2 Å². The number of hydrogen-bond acceptors (Lipinski definition) is 6. The van der Waals surface area contributed by atoms with Crippen LogP contribution in [-0.2, 0) is 9.47 Å². The topological polar surface area (TPSA) is 87.7 Å². The Morgan fingerprint density at radius 1 is 0.966 bits per heavy atom. The van der Waals surface area contributed by atoms with Crippen LogP contribution in [0.3, 0.4) is 0 Å². The second-order valence-corrected chi connectivity index (χ2v) is 6.57. The number of ketones is 1. The number of furan rings is 1. The van der Waals surface area contributed by atoms with Crippen LogP contribution in [0, 0.1) is 20.8 Å². The first-order valence-electron chi connectivity index (χ1n) is 8.96. The summed E-state index contributed by atoms with van der Waals surface area (Å²) in [7, 11) is 1.33. The molecular formula is C22H21NO6. The highest BCUT2D eigenvalue weighted by Gasteiger charge is 2.20.